The molecule has 6 aliphatic rings. The maximum Gasteiger partial charge on any atom is 0.412 e. The van der Waals surface area contributed by atoms with E-state index in [9.17, 15) is 41.0 Å². The molecule has 2 aromatic carbocycles. The highest BCUT2D eigenvalue weighted by molar-refractivity contribution is 8.24. The number of ether oxygens (including phenoxy) is 4. The summed E-state index contributed by atoms with van der Waals surface area (Å²) >= 11 is 15.1. The fourth-order valence-corrected chi connectivity index (χ4v) is 13.0. The lowest BCUT2D eigenvalue weighted by atomic mass is 9.87. The van der Waals surface area contributed by atoms with Gasteiger partial charge in [-0.1, -0.05) is 93.6 Å². The third-order valence-corrected chi connectivity index (χ3v) is 16.6. The molecular formula is C51H69ClF6O10P2S2. The van der Waals surface area contributed by atoms with E-state index in [-0.39, 0.29) is 67.1 Å². The quantitative estimate of drug-likeness (QED) is 0.143. The average molecular weight is 1120 g/mol. The van der Waals surface area contributed by atoms with Crippen molar-refractivity contribution in [1.82, 2.24) is 0 Å². The van der Waals surface area contributed by atoms with Crippen molar-refractivity contribution >= 4 is 69.7 Å². The van der Waals surface area contributed by atoms with Crippen LogP contribution in [0, 0.1) is 49.4 Å². The van der Waals surface area contributed by atoms with Crippen LogP contribution in [-0.2, 0) is 91.4 Å². The first-order valence-corrected chi connectivity index (χ1v) is 31.3. The third-order valence-electron chi connectivity index (χ3n) is 13.7. The Balaban J connectivity index is 0.000000228. The molecule has 21 heteroatoms. The number of fused-ring (bicyclic) bond motifs is 2. The average Bonchev–Trinajstić information content (AvgIpc) is 4.16. The topological polar surface area (TPSA) is 119 Å². The molecule has 2 saturated carbocycles. The van der Waals surface area contributed by atoms with Gasteiger partial charge in [0.15, 0.2) is 30.8 Å². The van der Waals surface area contributed by atoms with Crippen molar-refractivity contribution in [2.24, 2.45) is 35.5 Å². The third kappa shape index (κ3) is 14.8. The molecule has 2 heterocycles. The Bertz CT molecular complexity index is 2400. The van der Waals surface area contributed by atoms with Gasteiger partial charge in [-0.3, -0.25) is 9.59 Å². The lowest BCUT2D eigenvalue weighted by molar-refractivity contribution is -0.153. The van der Waals surface area contributed by atoms with Crippen molar-refractivity contribution in [3.63, 3.8) is 0 Å². The lowest BCUT2D eigenvalue weighted by Crippen LogP contribution is -2.21. The molecule has 2 saturated heterocycles. The fraction of sp³-hybridized carbons (Fsp3) is 0.647. The van der Waals surface area contributed by atoms with Crippen LogP contribution in [0.5, 0.6) is 0 Å². The number of hydrogen-bond donors (Lipinski definition) is 1. The summed E-state index contributed by atoms with van der Waals surface area (Å²) in [4.78, 5) is 27.2. The first kappa shape index (κ1) is 60.7. The summed E-state index contributed by atoms with van der Waals surface area (Å²) < 4.78 is 111. The molecule has 4 aliphatic carbocycles. The van der Waals surface area contributed by atoms with E-state index in [1.165, 1.54) is 18.9 Å². The number of ketones is 2. The zero-order valence-electron chi connectivity index (χ0n) is 41.3. The molecule has 0 bridgehead atoms. The first-order chi connectivity index (χ1) is 33.2. The van der Waals surface area contributed by atoms with Gasteiger partial charge >= 0.3 is 12.4 Å². The number of carbonyl (C=O) groups is 2. The molecule has 1 N–H and O–H groups in total. The highest BCUT2D eigenvalue weighted by Crippen LogP contribution is 2.59. The smallest absolute Gasteiger partial charge is 0.412 e. The van der Waals surface area contributed by atoms with Crippen LogP contribution in [0.2, 0.25) is 0 Å². The number of halogens is 7. The Morgan fingerprint density at radius 3 is 1.33 bits per heavy atom. The number of alkyl halides is 6. The van der Waals surface area contributed by atoms with E-state index >= 15 is 0 Å². The summed E-state index contributed by atoms with van der Waals surface area (Å²) in [5.74, 6) is 0.144. The Hall–Kier alpha value is -2.21. The lowest BCUT2D eigenvalue weighted by Gasteiger charge is -2.25. The van der Waals surface area contributed by atoms with Crippen molar-refractivity contribution in [3.05, 3.63) is 80.3 Å². The zero-order chi connectivity index (χ0) is 52.4. The van der Waals surface area contributed by atoms with Crippen LogP contribution in [0.15, 0.2) is 35.8 Å². The molecule has 8 rings (SSSR count). The second-order valence-corrected chi connectivity index (χ2v) is 29.4. The summed E-state index contributed by atoms with van der Waals surface area (Å²) in [6.07, 6.45) is -3.63. The van der Waals surface area contributed by atoms with Gasteiger partial charge in [0, 0.05) is 48.8 Å². The molecule has 0 aromatic heterocycles. The van der Waals surface area contributed by atoms with Crippen LogP contribution < -0.4 is 0 Å². The predicted molar refractivity (Wildman–Crippen MR) is 275 cm³/mol. The first-order valence-electron chi connectivity index (χ1n) is 24.1. The summed E-state index contributed by atoms with van der Waals surface area (Å²) in [6.45, 7) is 11.2. The Labute approximate surface area is 435 Å². The van der Waals surface area contributed by atoms with Crippen LogP contribution >= 0.6 is 23.3 Å². The van der Waals surface area contributed by atoms with E-state index in [2.05, 4.69) is 61.4 Å². The molecule has 4 fully saturated rings. The highest BCUT2D eigenvalue weighted by atomic mass is 35.7. The largest absolute Gasteiger partial charge is 0.511 e. The molecule has 0 radical (unpaired) electrons. The van der Waals surface area contributed by atoms with E-state index in [4.69, 9.17) is 51.0 Å². The van der Waals surface area contributed by atoms with E-state index in [1.807, 2.05) is 20.8 Å². The molecule has 8 unspecified atom stereocenters. The minimum absolute atomic E-state index is 0. The molecular weight excluding hydrogens is 1050 g/mol. The second kappa shape index (κ2) is 24.8. The van der Waals surface area contributed by atoms with Crippen molar-refractivity contribution < 1.29 is 73.6 Å². The van der Waals surface area contributed by atoms with Crippen LogP contribution in [-0.4, -0.2) is 94.6 Å². The normalized spacial score (nSPS) is 26.2. The monoisotopic (exact) mass is 1120 g/mol. The Morgan fingerprint density at radius 1 is 0.625 bits per heavy atom. The van der Waals surface area contributed by atoms with Crippen LogP contribution in [0.25, 0.3) is 11.1 Å². The maximum absolute atomic E-state index is 13.9. The summed E-state index contributed by atoms with van der Waals surface area (Å²) in [5.41, 5.74) is 6.87. The fourth-order valence-electron chi connectivity index (χ4n) is 10.9. The highest BCUT2D eigenvalue weighted by Gasteiger charge is 2.54. The number of allylic oxidation sites excluding steroid dienone is 4. The minimum atomic E-state index is -4.52. The number of aliphatic hydroxyl groups is 1. The molecule has 10 nitrogen and oxygen atoms in total. The summed E-state index contributed by atoms with van der Waals surface area (Å²) in [6, 6.07) is 8.43. The molecule has 0 spiro atoms. The van der Waals surface area contributed by atoms with Crippen LogP contribution in [0.1, 0.15) is 105 Å². The minimum Gasteiger partial charge on any atom is -0.511 e. The van der Waals surface area contributed by atoms with Gasteiger partial charge in [0.05, 0.1) is 37.6 Å². The number of hydrogen-bond acceptors (Lipinski definition) is 12. The second-order valence-electron chi connectivity index (χ2n) is 19.1. The van der Waals surface area contributed by atoms with Gasteiger partial charge in [-0.25, -0.2) is 0 Å². The van der Waals surface area contributed by atoms with Crippen molar-refractivity contribution in [2.45, 2.75) is 125 Å². The van der Waals surface area contributed by atoms with Gasteiger partial charge in [0.1, 0.15) is 23.7 Å². The van der Waals surface area contributed by atoms with E-state index < -0.39 is 37.7 Å². The Kier molecular flexibility index (Phi) is 20.9. The molecule has 0 amide bonds. The summed E-state index contributed by atoms with van der Waals surface area (Å²) in [5, 5.41) is 11.0. The van der Waals surface area contributed by atoms with Crippen molar-refractivity contribution in [2.75, 3.05) is 53.0 Å². The van der Waals surface area contributed by atoms with Gasteiger partial charge in [-0.2, -0.15) is 26.3 Å². The molecule has 8 atom stereocenters. The number of rotatable bonds is 14. The van der Waals surface area contributed by atoms with Crippen molar-refractivity contribution in [1.29, 1.82) is 0 Å². The standard InChI is InChI=1S/C25H32F3O5PS.C22H28O4.C3H5ClF3OPS.CH4/c1-5-15-9-14(3)10-16(6-2)20(15)21-22(29)18-11-17(24-30-7-8-31-24)12-19(18)23(21)33-34(4,35)32-13-25(26,27)28;1-4-13-8-12(3)9-14(5-2)18(13)19-20(23)16-10-15(11-17(16)21(19)24)22-25-6-7-26-22;1-9(4,10)8-2-3(5,6)7;/h9-10,17-19,24H,5-8,11-13H2,1-4H3;8-9,15-17,22-23H,4-7,10-11H2,1-3H3;2H2,1H3;1H4. The molecule has 404 valence electrons. The van der Waals surface area contributed by atoms with Gasteiger partial charge in [0.2, 0.25) is 6.49 Å². The zero-order valence-corrected chi connectivity index (χ0v) is 45.5. The molecule has 72 heavy (non-hydrogen) atoms. The van der Waals surface area contributed by atoms with Crippen LogP contribution in [0.3, 0.4) is 0 Å². The van der Waals surface area contributed by atoms with Gasteiger partial charge < -0.3 is 37.6 Å². The summed E-state index contributed by atoms with van der Waals surface area (Å²) in [7, 11) is 0. The van der Waals surface area contributed by atoms with E-state index in [0.717, 1.165) is 64.6 Å². The van der Waals surface area contributed by atoms with E-state index in [0.29, 0.717) is 74.8 Å². The number of aliphatic hydroxyl groups excluding tert-OH is 1. The molecule has 2 aliphatic heterocycles. The SMILES string of the molecule is C.CCc1cc(C)cc(CC)c1C1=C(O)C2CC(C3OCCO3)CC2C1=O.CCc1cc(C)cc(CC)c1C1=C(OP(C)(=S)OCC(F)(F)F)C2CC(C3OCCO3)CC2C1=O.CP(=S)(Cl)OCC(F)(F)F. The van der Waals surface area contributed by atoms with Crippen LogP contribution in [0.4, 0.5) is 26.3 Å². The predicted octanol–water partition coefficient (Wildman–Crippen LogP) is 13.3. The number of Topliss-reactive ketones (excluding diaryl/α,β-unsaturated/α-hetero) is 2. The van der Waals surface area contributed by atoms with Gasteiger partial charge in [0.25, 0.3) is 0 Å². The van der Waals surface area contributed by atoms with Crippen molar-refractivity contribution in [3.8, 4) is 0 Å². The number of aryl methyl sites for hydroxylation is 6. The number of benzene rings is 2. The Morgan fingerprint density at radius 2 is 0.972 bits per heavy atom. The van der Waals surface area contributed by atoms with E-state index in [1.54, 1.807) is 0 Å². The number of carbonyl (C=O) groups excluding carboxylic acids is 2. The van der Waals surface area contributed by atoms with Gasteiger partial charge in [-0.15, -0.1) is 0 Å². The van der Waals surface area contributed by atoms with Gasteiger partial charge in [-0.05, 0) is 110 Å². The molecule has 2 aromatic rings. The maximum atomic E-state index is 13.9.